The van der Waals surface area contributed by atoms with Crippen LogP contribution in [0.5, 0.6) is 0 Å². The molecule has 2 atom stereocenters. The number of hydrogen-bond donors (Lipinski definition) is 0. The Hall–Kier alpha value is -0.0500. The fourth-order valence-corrected chi connectivity index (χ4v) is 3.49. The van der Waals surface area contributed by atoms with Crippen LogP contribution in [0, 0.1) is 5.41 Å². The maximum absolute atomic E-state index is 11.7. The van der Waals surface area contributed by atoms with Crippen molar-refractivity contribution < 1.29 is 13.6 Å². The van der Waals surface area contributed by atoms with Gasteiger partial charge in [-0.05, 0) is 17.7 Å². The zero-order chi connectivity index (χ0) is 12.7. The van der Waals surface area contributed by atoms with Gasteiger partial charge in [-0.1, -0.05) is 37.6 Å². The summed E-state index contributed by atoms with van der Waals surface area (Å²) in [4.78, 5) is 0. The van der Waals surface area contributed by atoms with Crippen molar-refractivity contribution in [2.75, 3.05) is 6.61 Å². The Kier molecular flexibility index (Phi) is 3.59. The maximum Gasteiger partial charge on any atom is 0.424 e. The average Bonchev–Trinajstić information content (AvgIpc) is 2.24. The zero-order valence-electron chi connectivity index (χ0n) is 9.52. The van der Waals surface area contributed by atoms with Gasteiger partial charge in [0.2, 0.25) is 0 Å². The van der Waals surface area contributed by atoms with Crippen LogP contribution in [0.1, 0.15) is 25.5 Å². The molecule has 1 heterocycles. The fraction of sp³-hybridized carbons (Fsp3) is 0.455. The highest BCUT2D eigenvalue weighted by atomic mass is 35.7. The summed E-state index contributed by atoms with van der Waals surface area (Å²) in [5, 5.41) is 0.646. The van der Waals surface area contributed by atoms with Crippen LogP contribution >= 0.6 is 29.8 Å². The van der Waals surface area contributed by atoms with Gasteiger partial charge >= 0.3 is 6.95 Å². The predicted molar refractivity (Wildman–Crippen MR) is 68.5 cm³/mol. The number of benzene rings is 1. The van der Waals surface area contributed by atoms with Gasteiger partial charge in [0.05, 0.1) is 6.61 Å². The standard InChI is InChI=1S/C11H13Cl2O3P/c1-11(2)7-15-17(13,14)16-10(11)8-3-5-9(12)6-4-8/h3-6,10H,7H2,1-2H3. The summed E-state index contributed by atoms with van der Waals surface area (Å²) in [6, 6.07) is 7.23. The van der Waals surface area contributed by atoms with Crippen molar-refractivity contribution in [2.24, 2.45) is 5.41 Å². The molecule has 0 aromatic heterocycles. The summed E-state index contributed by atoms with van der Waals surface area (Å²) in [5.41, 5.74) is 0.597. The van der Waals surface area contributed by atoms with Crippen molar-refractivity contribution in [1.82, 2.24) is 0 Å². The molecule has 94 valence electrons. The van der Waals surface area contributed by atoms with E-state index in [1.807, 2.05) is 26.0 Å². The molecule has 0 aliphatic carbocycles. The lowest BCUT2D eigenvalue weighted by Gasteiger charge is -2.39. The summed E-state index contributed by atoms with van der Waals surface area (Å²) in [6.07, 6.45) is -0.364. The van der Waals surface area contributed by atoms with Gasteiger partial charge in [0.1, 0.15) is 6.10 Å². The van der Waals surface area contributed by atoms with Crippen LogP contribution in [0.2, 0.25) is 5.02 Å². The first-order valence-electron chi connectivity index (χ1n) is 5.18. The largest absolute Gasteiger partial charge is 0.424 e. The molecule has 0 saturated carbocycles. The quantitative estimate of drug-likeness (QED) is 0.698. The Morgan fingerprint density at radius 1 is 1.35 bits per heavy atom. The van der Waals surface area contributed by atoms with Crippen molar-refractivity contribution in [1.29, 1.82) is 0 Å². The fourth-order valence-electron chi connectivity index (χ4n) is 1.77. The maximum atomic E-state index is 11.7. The van der Waals surface area contributed by atoms with Gasteiger partial charge in [0.25, 0.3) is 0 Å². The van der Waals surface area contributed by atoms with E-state index in [9.17, 15) is 4.57 Å². The lowest BCUT2D eigenvalue weighted by Crippen LogP contribution is -2.32. The number of rotatable bonds is 1. The Bertz CT molecular complexity index is 458. The Morgan fingerprint density at radius 2 is 1.94 bits per heavy atom. The van der Waals surface area contributed by atoms with E-state index >= 15 is 0 Å². The monoisotopic (exact) mass is 294 g/mol. The molecule has 0 spiro atoms. The normalized spacial score (nSPS) is 32.4. The first-order chi connectivity index (χ1) is 7.80. The minimum absolute atomic E-state index is 0.293. The van der Waals surface area contributed by atoms with E-state index in [4.69, 9.17) is 31.9 Å². The smallest absolute Gasteiger partial charge is 0.296 e. The highest BCUT2D eigenvalue weighted by Gasteiger charge is 2.44. The molecule has 6 heteroatoms. The van der Waals surface area contributed by atoms with Crippen LogP contribution in [0.4, 0.5) is 0 Å². The van der Waals surface area contributed by atoms with Crippen molar-refractivity contribution >= 4 is 29.8 Å². The third-order valence-corrected chi connectivity index (χ3v) is 4.39. The van der Waals surface area contributed by atoms with Crippen molar-refractivity contribution in [2.45, 2.75) is 20.0 Å². The van der Waals surface area contributed by atoms with Crippen molar-refractivity contribution in [3.8, 4) is 0 Å². The molecule has 3 nitrogen and oxygen atoms in total. The van der Waals surface area contributed by atoms with E-state index in [-0.39, 0.29) is 11.5 Å². The molecule has 2 rings (SSSR count). The van der Waals surface area contributed by atoms with Gasteiger partial charge in [-0.2, -0.15) is 0 Å². The third-order valence-electron chi connectivity index (χ3n) is 2.70. The molecular formula is C11H13Cl2O3P. The second-order valence-corrected chi connectivity index (χ2v) is 7.74. The van der Waals surface area contributed by atoms with Crippen LogP contribution < -0.4 is 0 Å². The first-order valence-corrected chi connectivity index (χ1v) is 8.01. The van der Waals surface area contributed by atoms with Gasteiger partial charge in [-0.15, -0.1) is 0 Å². The molecule has 0 amide bonds. The summed E-state index contributed by atoms with van der Waals surface area (Å²) >= 11 is 11.5. The molecule has 17 heavy (non-hydrogen) atoms. The van der Waals surface area contributed by atoms with Gasteiger partial charge in [0.15, 0.2) is 0 Å². The van der Waals surface area contributed by atoms with Gasteiger partial charge in [0, 0.05) is 21.7 Å². The van der Waals surface area contributed by atoms with E-state index in [0.29, 0.717) is 11.6 Å². The molecule has 1 aromatic carbocycles. The van der Waals surface area contributed by atoms with Crippen LogP contribution in [0.15, 0.2) is 24.3 Å². The SMILES string of the molecule is CC1(C)COP(=O)(Cl)OC1c1ccc(Cl)cc1. The second-order valence-electron chi connectivity index (χ2n) is 4.73. The predicted octanol–water partition coefficient (Wildman–Crippen LogP) is 4.80. The topological polar surface area (TPSA) is 35.5 Å². The molecule has 0 N–H and O–H groups in total. The van der Waals surface area contributed by atoms with Crippen LogP contribution in [-0.2, 0) is 13.6 Å². The van der Waals surface area contributed by atoms with E-state index in [1.54, 1.807) is 12.1 Å². The minimum atomic E-state index is -3.46. The molecule has 1 aliphatic heterocycles. The summed E-state index contributed by atoms with van der Waals surface area (Å²) in [6.45, 7) is 0.781. The summed E-state index contributed by atoms with van der Waals surface area (Å²) in [5.74, 6) is 0. The number of halogens is 2. The van der Waals surface area contributed by atoms with E-state index in [2.05, 4.69) is 0 Å². The third kappa shape index (κ3) is 3.04. The van der Waals surface area contributed by atoms with Gasteiger partial charge in [-0.25, -0.2) is 4.57 Å². The van der Waals surface area contributed by atoms with Gasteiger partial charge < -0.3 is 0 Å². The molecule has 1 aliphatic rings. The van der Waals surface area contributed by atoms with Crippen LogP contribution in [0.3, 0.4) is 0 Å². The molecule has 2 unspecified atom stereocenters. The second kappa shape index (κ2) is 4.56. The lowest BCUT2D eigenvalue weighted by atomic mass is 9.83. The first kappa shape index (κ1) is 13.4. The molecule has 0 radical (unpaired) electrons. The molecule has 1 aromatic rings. The molecular weight excluding hydrogens is 282 g/mol. The Balaban J connectivity index is 2.33. The van der Waals surface area contributed by atoms with Crippen molar-refractivity contribution in [3.05, 3.63) is 34.9 Å². The highest BCUT2D eigenvalue weighted by Crippen LogP contribution is 2.63. The van der Waals surface area contributed by atoms with E-state index < -0.39 is 6.95 Å². The average molecular weight is 295 g/mol. The van der Waals surface area contributed by atoms with Crippen LogP contribution in [-0.4, -0.2) is 6.61 Å². The summed E-state index contributed by atoms with van der Waals surface area (Å²) < 4.78 is 22.1. The van der Waals surface area contributed by atoms with Crippen LogP contribution in [0.25, 0.3) is 0 Å². The Labute approximate surface area is 110 Å². The van der Waals surface area contributed by atoms with Crippen molar-refractivity contribution in [3.63, 3.8) is 0 Å². The van der Waals surface area contributed by atoms with E-state index in [0.717, 1.165) is 5.56 Å². The van der Waals surface area contributed by atoms with E-state index in [1.165, 1.54) is 0 Å². The minimum Gasteiger partial charge on any atom is -0.296 e. The molecule has 1 fully saturated rings. The lowest BCUT2D eigenvalue weighted by molar-refractivity contribution is -0.0203. The number of hydrogen-bond acceptors (Lipinski definition) is 3. The molecule has 0 bridgehead atoms. The van der Waals surface area contributed by atoms with Gasteiger partial charge in [-0.3, -0.25) is 9.05 Å². The highest BCUT2D eigenvalue weighted by molar-refractivity contribution is 7.81. The molecule has 1 saturated heterocycles. The Morgan fingerprint density at radius 3 is 2.53 bits per heavy atom. The summed E-state index contributed by atoms with van der Waals surface area (Å²) in [7, 11) is 0. The zero-order valence-corrected chi connectivity index (χ0v) is 11.9.